The second-order valence-corrected chi connectivity index (χ2v) is 7.80. The third kappa shape index (κ3) is 6.05. The van der Waals surface area contributed by atoms with E-state index in [1.807, 2.05) is 18.9 Å². The predicted molar refractivity (Wildman–Crippen MR) is 121 cm³/mol. The third-order valence-electron chi connectivity index (χ3n) is 5.14. The Morgan fingerprint density at radius 3 is 2.81 bits per heavy atom. The summed E-state index contributed by atoms with van der Waals surface area (Å²) in [4.78, 5) is 22.6. The number of hydrogen-bond acceptors (Lipinski definition) is 4. The summed E-state index contributed by atoms with van der Waals surface area (Å²) < 4.78 is 5.71. The molecule has 8 heteroatoms. The molecule has 0 atom stereocenters. The second-order valence-electron chi connectivity index (χ2n) is 6.80. The molecule has 152 valence electrons. The van der Waals surface area contributed by atoms with Crippen LogP contribution in [0.4, 0.5) is 0 Å². The normalized spacial score (nSPS) is 18.1. The van der Waals surface area contributed by atoms with Crippen LogP contribution in [0.5, 0.6) is 0 Å². The van der Waals surface area contributed by atoms with Gasteiger partial charge in [-0.3, -0.25) is 9.79 Å². The Kier molecular flexibility index (Phi) is 9.31. The van der Waals surface area contributed by atoms with Gasteiger partial charge in [0.2, 0.25) is 5.91 Å². The average molecular weight is 506 g/mol. The highest BCUT2D eigenvalue weighted by atomic mass is 127. The molecule has 1 fully saturated rings. The van der Waals surface area contributed by atoms with Crippen LogP contribution in [0.2, 0.25) is 0 Å². The molecule has 0 bridgehead atoms. The van der Waals surface area contributed by atoms with Gasteiger partial charge in [0.25, 0.3) is 0 Å². The first-order valence-corrected chi connectivity index (χ1v) is 10.5. The molecule has 3 heterocycles. The first-order valence-electron chi connectivity index (χ1n) is 9.61. The van der Waals surface area contributed by atoms with Gasteiger partial charge in [0, 0.05) is 57.7 Å². The molecular formula is C19H31IN4O2S. The fraction of sp³-hybridized carbons (Fsp3) is 0.684. The molecule has 1 amide bonds. The third-order valence-corrected chi connectivity index (χ3v) is 6.16. The highest BCUT2D eigenvalue weighted by molar-refractivity contribution is 14.0. The minimum absolute atomic E-state index is 0. The molecule has 1 N–H and O–H groups in total. The molecule has 1 saturated heterocycles. The number of nitrogens with zero attached hydrogens (tertiary/aromatic N) is 3. The van der Waals surface area contributed by atoms with Gasteiger partial charge in [0.05, 0.1) is 6.10 Å². The van der Waals surface area contributed by atoms with Crippen LogP contribution in [0.25, 0.3) is 0 Å². The van der Waals surface area contributed by atoms with Gasteiger partial charge in [0.1, 0.15) is 0 Å². The van der Waals surface area contributed by atoms with Crippen LogP contribution in [0.3, 0.4) is 0 Å². The highest BCUT2D eigenvalue weighted by Crippen LogP contribution is 2.24. The van der Waals surface area contributed by atoms with Crippen molar-refractivity contribution in [2.45, 2.75) is 45.3 Å². The zero-order chi connectivity index (χ0) is 18.4. The van der Waals surface area contributed by atoms with Crippen molar-refractivity contribution in [1.29, 1.82) is 0 Å². The number of nitrogens with one attached hydrogen (secondary N) is 1. The van der Waals surface area contributed by atoms with E-state index in [1.54, 1.807) is 11.3 Å². The molecule has 27 heavy (non-hydrogen) atoms. The molecule has 6 nitrogen and oxygen atoms in total. The summed E-state index contributed by atoms with van der Waals surface area (Å²) in [5, 5.41) is 5.48. The molecular weight excluding hydrogens is 475 g/mol. The first kappa shape index (κ1) is 22.4. The monoisotopic (exact) mass is 506 g/mol. The van der Waals surface area contributed by atoms with E-state index < -0.39 is 0 Å². The maximum absolute atomic E-state index is 12.5. The van der Waals surface area contributed by atoms with Crippen molar-refractivity contribution in [1.82, 2.24) is 15.1 Å². The number of carbonyl (C=O) groups is 1. The van der Waals surface area contributed by atoms with Crippen LogP contribution in [0.1, 0.15) is 36.6 Å². The summed E-state index contributed by atoms with van der Waals surface area (Å²) in [7, 11) is 1.81. The molecule has 0 spiro atoms. The minimum Gasteiger partial charge on any atom is -0.378 e. The SMILES string of the molecule is CCOC1CCN(C(=NC)NCCC(=O)N2CCc3sccc3C2)CC1.I. The van der Waals surface area contributed by atoms with Crippen LogP contribution >= 0.6 is 35.3 Å². The second kappa shape index (κ2) is 11.2. The predicted octanol–water partition coefficient (Wildman–Crippen LogP) is 2.72. The molecule has 0 saturated carbocycles. The summed E-state index contributed by atoms with van der Waals surface area (Å²) in [6, 6.07) is 2.14. The number of rotatable bonds is 5. The Labute approximate surface area is 183 Å². The maximum Gasteiger partial charge on any atom is 0.224 e. The van der Waals surface area contributed by atoms with Gasteiger partial charge in [-0.2, -0.15) is 0 Å². The van der Waals surface area contributed by atoms with Crippen LogP contribution < -0.4 is 5.32 Å². The number of carbonyl (C=O) groups excluding carboxylic acids is 1. The van der Waals surface area contributed by atoms with Crippen LogP contribution in [0.15, 0.2) is 16.4 Å². The van der Waals surface area contributed by atoms with E-state index in [0.717, 1.165) is 58.0 Å². The molecule has 0 unspecified atom stereocenters. The topological polar surface area (TPSA) is 57.2 Å². The molecule has 0 aliphatic carbocycles. The summed E-state index contributed by atoms with van der Waals surface area (Å²) >= 11 is 1.80. The van der Waals surface area contributed by atoms with Crippen molar-refractivity contribution in [2.75, 3.05) is 39.8 Å². The van der Waals surface area contributed by atoms with Crippen molar-refractivity contribution in [3.05, 3.63) is 21.9 Å². The summed E-state index contributed by atoms with van der Waals surface area (Å²) in [5.74, 6) is 1.12. The largest absolute Gasteiger partial charge is 0.378 e. The Hall–Kier alpha value is -0.870. The quantitative estimate of drug-likeness (QED) is 0.379. The van der Waals surface area contributed by atoms with Crippen molar-refractivity contribution in [3.63, 3.8) is 0 Å². The summed E-state index contributed by atoms with van der Waals surface area (Å²) in [6.45, 7) is 6.96. The number of amides is 1. The van der Waals surface area contributed by atoms with Crippen molar-refractivity contribution < 1.29 is 9.53 Å². The van der Waals surface area contributed by atoms with Crippen LogP contribution in [0, 0.1) is 0 Å². The van der Waals surface area contributed by atoms with Gasteiger partial charge in [0.15, 0.2) is 5.96 Å². The molecule has 1 aromatic heterocycles. The Balaban J connectivity index is 0.00000261. The number of halogens is 1. The number of ether oxygens (including phenoxy) is 1. The van der Waals surface area contributed by atoms with Gasteiger partial charge in [-0.05, 0) is 43.2 Å². The minimum atomic E-state index is 0. The zero-order valence-electron chi connectivity index (χ0n) is 16.3. The maximum atomic E-state index is 12.5. The molecule has 2 aliphatic heterocycles. The van der Waals surface area contributed by atoms with Crippen molar-refractivity contribution in [3.8, 4) is 0 Å². The lowest BCUT2D eigenvalue weighted by atomic mass is 10.1. The van der Waals surface area contributed by atoms with Gasteiger partial charge >= 0.3 is 0 Å². The lowest BCUT2D eigenvalue weighted by Crippen LogP contribution is -2.47. The fourth-order valence-electron chi connectivity index (χ4n) is 3.70. The standard InChI is InChI=1S/C19H30N4O2S.HI/c1-3-25-16-5-10-22(11-6-16)19(20-2)21-9-4-18(24)23-12-7-17-15(14-23)8-13-26-17;/h8,13,16H,3-7,9-12,14H2,1-2H3,(H,20,21);1H. The number of aliphatic imine (C=N–C) groups is 1. The number of hydrogen-bond donors (Lipinski definition) is 1. The molecule has 1 aromatic rings. The first-order chi connectivity index (χ1) is 12.7. The Bertz CT molecular complexity index is 629. The van der Waals surface area contributed by atoms with Crippen LogP contribution in [-0.4, -0.2) is 67.6 Å². The number of fused-ring (bicyclic) bond motifs is 1. The van der Waals surface area contributed by atoms with E-state index >= 15 is 0 Å². The lowest BCUT2D eigenvalue weighted by molar-refractivity contribution is -0.131. The average Bonchev–Trinajstić information content (AvgIpc) is 3.14. The van der Waals surface area contributed by atoms with Gasteiger partial charge in [-0.1, -0.05) is 0 Å². The number of piperidine rings is 1. The molecule has 2 aliphatic rings. The van der Waals surface area contributed by atoms with Crippen LogP contribution in [-0.2, 0) is 22.5 Å². The highest BCUT2D eigenvalue weighted by Gasteiger charge is 2.23. The molecule has 0 radical (unpaired) electrons. The van der Waals surface area contributed by atoms with E-state index in [4.69, 9.17) is 4.74 Å². The van der Waals surface area contributed by atoms with Crippen molar-refractivity contribution in [2.24, 2.45) is 4.99 Å². The van der Waals surface area contributed by atoms with E-state index in [-0.39, 0.29) is 29.9 Å². The Morgan fingerprint density at radius 2 is 2.11 bits per heavy atom. The lowest BCUT2D eigenvalue weighted by Gasteiger charge is -2.34. The molecule has 0 aromatic carbocycles. The Morgan fingerprint density at radius 1 is 1.33 bits per heavy atom. The van der Waals surface area contributed by atoms with Gasteiger partial charge in [-0.15, -0.1) is 35.3 Å². The summed E-state index contributed by atoms with van der Waals surface area (Å²) in [5.41, 5.74) is 1.32. The van der Waals surface area contributed by atoms with E-state index in [1.165, 1.54) is 10.4 Å². The smallest absolute Gasteiger partial charge is 0.224 e. The van der Waals surface area contributed by atoms with E-state index in [0.29, 0.717) is 19.1 Å². The molecule has 3 rings (SSSR count). The van der Waals surface area contributed by atoms with E-state index in [2.05, 4.69) is 26.7 Å². The number of likely N-dealkylation sites (tertiary alicyclic amines) is 1. The van der Waals surface area contributed by atoms with Gasteiger partial charge in [-0.25, -0.2) is 0 Å². The zero-order valence-corrected chi connectivity index (χ0v) is 19.4. The van der Waals surface area contributed by atoms with Gasteiger partial charge < -0.3 is 19.9 Å². The van der Waals surface area contributed by atoms with E-state index in [9.17, 15) is 4.79 Å². The fourth-order valence-corrected chi connectivity index (χ4v) is 4.59. The number of thiophene rings is 1. The van der Waals surface area contributed by atoms with Crippen molar-refractivity contribution >= 4 is 47.2 Å². The number of guanidine groups is 1. The summed E-state index contributed by atoms with van der Waals surface area (Å²) in [6.07, 6.45) is 3.93.